The number of H-pyrrole nitrogens is 1. The fraction of sp³-hybridized carbons (Fsp3) is 0.432. The summed E-state index contributed by atoms with van der Waals surface area (Å²) in [4.78, 5) is 43.7. The van der Waals surface area contributed by atoms with Crippen LogP contribution in [-0.4, -0.2) is 106 Å². The summed E-state index contributed by atoms with van der Waals surface area (Å²) in [6.07, 6.45) is -6.73. The first-order valence-corrected chi connectivity index (χ1v) is 17.9. The fourth-order valence-electron chi connectivity index (χ4n) is 6.68. The van der Waals surface area contributed by atoms with Gasteiger partial charge in [-0.3, -0.25) is 14.6 Å². The summed E-state index contributed by atoms with van der Waals surface area (Å²) in [6.45, 7) is 12.0. The highest BCUT2D eigenvalue weighted by molar-refractivity contribution is 7.09. The summed E-state index contributed by atoms with van der Waals surface area (Å²) >= 11 is 1.83. The number of thiophene rings is 1. The van der Waals surface area contributed by atoms with E-state index < -0.39 is 24.3 Å². The number of carboxylic acid groups (broad SMARTS) is 2. The lowest BCUT2D eigenvalue weighted by molar-refractivity contribution is -0.193. The van der Waals surface area contributed by atoms with Crippen molar-refractivity contribution in [2.24, 2.45) is 0 Å². The number of amides is 1. The van der Waals surface area contributed by atoms with Gasteiger partial charge >= 0.3 is 24.3 Å². The van der Waals surface area contributed by atoms with Gasteiger partial charge in [0.05, 0.1) is 0 Å². The molecule has 2 fully saturated rings. The maximum absolute atomic E-state index is 13.9. The number of rotatable bonds is 7. The molecular weight excluding hydrogens is 726 g/mol. The lowest BCUT2D eigenvalue weighted by Gasteiger charge is -2.35. The zero-order valence-electron chi connectivity index (χ0n) is 29.3. The molecule has 1 amide bonds. The molecule has 2 aromatic carbocycles. The highest BCUT2D eigenvalue weighted by atomic mass is 32.1. The number of hydrogen-bond acceptors (Lipinski definition) is 6. The molecule has 0 radical (unpaired) electrons. The van der Waals surface area contributed by atoms with Crippen LogP contribution in [0.25, 0.3) is 10.9 Å². The minimum atomic E-state index is -5.08. The molecule has 4 aromatic rings. The first kappa shape index (κ1) is 41.3. The highest BCUT2D eigenvalue weighted by Gasteiger charge is 2.39. The van der Waals surface area contributed by atoms with Gasteiger partial charge in [0, 0.05) is 60.6 Å². The second kappa shape index (κ2) is 18.1. The number of carboxylic acids is 2. The Morgan fingerprint density at radius 1 is 0.774 bits per heavy atom. The number of carbonyl (C=O) groups is 3. The number of alkyl halides is 6. The first-order chi connectivity index (χ1) is 25.0. The number of piperidine rings is 1. The number of piperazine rings is 1. The van der Waals surface area contributed by atoms with Gasteiger partial charge in [0.25, 0.3) is 5.91 Å². The number of benzene rings is 2. The third-order valence-electron chi connectivity index (χ3n) is 9.35. The Morgan fingerprint density at radius 3 is 1.87 bits per heavy atom. The Morgan fingerprint density at radius 2 is 1.34 bits per heavy atom. The summed E-state index contributed by atoms with van der Waals surface area (Å²) in [7, 11) is 0. The lowest BCUT2D eigenvalue weighted by Crippen LogP contribution is -2.49. The molecule has 0 atom stereocenters. The molecular formula is C37H42F6N4O5S. The van der Waals surface area contributed by atoms with Crippen LogP contribution in [0.4, 0.5) is 26.3 Å². The molecule has 288 valence electrons. The molecule has 0 aliphatic carbocycles. The molecule has 4 heterocycles. The molecule has 53 heavy (non-hydrogen) atoms. The standard InChI is InChI=1S/C33H40N4OS.2C2HF3O2/c1-24-7-5-8-25(2)31(24)26-12-15-36(16-13-26)23-29-28-10-3-4-11-30(28)34-32(29)33(38)37-20-18-35(19-21-37)17-14-27-9-6-22-39-27;2*3-2(4,5)1(6)7/h3-11,22,26,34H,12-21,23H2,1-2H3;2*(H,6,7). The van der Waals surface area contributed by atoms with Crippen LogP contribution in [0.3, 0.4) is 0 Å². The van der Waals surface area contributed by atoms with E-state index in [2.05, 4.69) is 93.5 Å². The van der Waals surface area contributed by atoms with E-state index in [1.54, 1.807) is 5.56 Å². The molecule has 0 spiro atoms. The lowest BCUT2D eigenvalue weighted by atomic mass is 9.84. The van der Waals surface area contributed by atoms with Gasteiger partial charge < -0.3 is 20.1 Å². The Kier molecular flexibility index (Phi) is 14.1. The largest absolute Gasteiger partial charge is 0.490 e. The number of carbonyl (C=O) groups excluding carboxylic acids is 1. The number of aromatic amines is 1. The molecule has 16 heteroatoms. The van der Waals surface area contributed by atoms with Gasteiger partial charge in [-0.05, 0) is 86.3 Å². The van der Waals surface area contributed by atoms with E-state index in [4.69, 9.17) is 19.8 Å². The molecule has 2 saturated heterocycles. The van der Waals surface area contributed by atoms with Gasteiger partial charge in [-0.1, -0.05) is 42.5 Å². The van der Waals surface area contributed by atoms with Crippen LogP contribution in [0.2, 0.25) is 0 Å². The average Bonchev–Trinajstić information content (AvgIpc) is 3.76. The maximum atomic E-state index is 13.9. The Balaban J connectivity index is 0.000000381. The van der Waals surface area contributed by atoms with Crippen molar-refractivity contribution < 1.29 is 50.9 Å². The van der Waals surface area contributed by atoms with Gasteiger partial charge in [-0.25, -0.2) is 9.59 Å². The van der Waals surface area contributed by atoms with Crippen LogP contribution in [-0.2, 0) is 22.6 Å². The molecule has 2 aliphatic rings. The quantitative estimate of drug-likeness (QED) is 0.167. The van der Waals surface area contributed by atoms with Gasteiger partial charge in [-0.2, -0.15) is 26.3 Å². The number of nitrogens with zero attached hydrogens (tertiary/aromatic N) is 3. The number of aliphatic carboxylic acids is 2. The highest BCUT2D eigenvalue weighted by Crippen LogP contribution is 2.34. The number of aryl methyl sites for hydroxylation is 2. The molecule has 3 N–H and O–H groups in total. The zero-order chi connectivity index (χ0) is 38.9. The number of para-hydroxylation sites is 1. The van der Waals surface area contributed by atoms with Crippen LogP contribution in [0.5, 0.6) is 0 Å². The molecule has 6 rings (SSSR count). The van der Waals surface area contributed by atoms with E-state index in [0.29, 0.717) is 5.92 Å². The van der Waals surface area contributed by atoms with Crippen molar-refractivity contribution in [3.63, 3.8) is 0 Å². The number of halogens is 6. The van der Waals surface area contributed by atoms with Crippen LogP contribution < -0.4 is 0 Å². The second-order valence-electron chi connectivity index (χ2n) is 12.9. The van der Waals surface area contributed by atoms with Crippen LogP contribution in [0, 0.1) is 13.8 Å². The van der Waals surface area contributed by atoms with E-state index in [-0.39, 0.29) is 5.91 Å². The summed E-state index contributed by atoms with van der Waals surface area (Å²) in [5, 5.41) is 17.6. The minimum Gasteiger partial charge on any atom is -0.475 e. The number of hydrogen-bond donors (Lipinski definition) is 3. The number of nitrogens with one attached hydrogen (secondary N) is 1. The van der Waals surface area contributed by atoms with Crippen molar-refractivity contribution in [2.45, 2.75) is 57.9 Å². The van der Waals surface area contributed by atoms with Crippen LogP contribution in [0.1, 0.15) is 56.4 Å². The monoisotopic (exact) mass is 768 g/mol. The van der Waals surface area contributed by atoms with Crippen molar-refractivity contribution in [2.75, 3.05) is 45.8 Å². The number of likely N-dealkylation sites (tertiary alicyclic amines) is 1. The van der Waals surface area contributed by atoms with Gasteiger partial charge in [0.15, 0.2) is 0 Å². The van der Waals surface area contributed by atoms with Crippen molar-refractivity contribution >= 4 is 40.1 Å². The third kappa shape index (κ3) is 11.5. The summed E-state index contributed by atoms with van der Waals surface area (Å²) < 4.78 is 63.5. The third-order valence-corrected chi connectivity index (χ3v) is 10.3. The number of aromatic nitrogens is 1. The van der Waals surface area contributed by atoms with Crippen molar-refractivity contribution in [3.8, 4) is 0 Å². The summed E-state index contributed by atoms with van der Waals surface area (Å²) in [5.74, 6) is -4.73. The Hall–Kier alpha value is -4.41. The molecule has 0 bridgehead atoms. The van der Waals surface area contributed by atoms with Crippen molar-refractivity contribution in [3.05, 3.63) is 92.8 Å². The smallest absolute Gasteiger partial charge is 0.475 e. The van der Waals surface area contributed by atoms with E-state index in [1.165, 1.54) is 39.8 Å². The molecule has 9 nitrogen and oxygen atoms in total. The van der Waals surface area contributed by atoms with E-state index in [9.17, 15) is 31.1 Å². The Labute approximate surface area is 306 Å². The fourth-order valence-corrected chi connectivity index (χ4v) is 7.38. The molecule has 2 aromatic heterocycles. The van der Waals surface area contributed by atoms with Gasteiger partial charge in [0.1, 0.15) is 5.69 Å². The summed E-state index contributed by atoms with van der Waals surface area (Å²) in [5.41, 5.74) is 7.42. The van der Waals surface area contributed by atoms with Crippen molar-refractivity contribution in [1.29, 1.82) is 0 Å². The van der Waals surface area contributed by atoms with Gasteiger partial charge in [-0.15, -0.1) is 11.3 Å². The zero-order valence-corrected chi connectivity index (χ0v) is 30.1. The predicted octanol–water partition coefficient (Wildman–Crippen LogP) is 7.49. The number of fused-ring (bicyclic) bond motifs is 1. The van der Waals surface area contributed by atoms with E-state index in [1.807, 2.05) is 11.3 Å². The Bertz CT molecular complexity index is 1780. The maximum Gasteiger partial charge on any atom is 0.490 e. The molecule has 0 unspecified atom stereocenters. The van der Waals surface area contributed by atoms with E-state index >= 15 is 0 Å². The van der Waals surface area contributed by atoms with Crippen LogP contribution >= 0.6 is 11.3 Å². The van der Waals surface area contributed by atoms with Crippen LogP contribution in [0.15, 0.2) is 60.0 Å². The van der Waals surface area contributed by atoms with Gasteiger partial charge in [0.2, 0.25) is 0 Å². The SMILES string of the molecule is Cc1cccc(C)c1C1CCN(Cc2c(C(=O)N3CCN(CCc4cccs4)CC3)[nH]c3ccccc23)CC1.O=C(O)C(F)(F)F.O=C(O)C(F)(F)F. The topological polar surface area (TPSA) is 117 Å². The summed E-state index contributed by atoms with van der Waals surface area (Å²) in [6, 6.07) is 19.4. The van der Waals surface area contributed by atoms with E-state index in [0.717, 1.165) is 70.0 Å². The second-order valence-corrected chi connectivity index (χ2v) is 14.0. The first-order valence-electron chi connectivity index (χ1n) is 17.0. The average molecular weight is 769 g/mol. The normalized spacial score (nSPS) is 16.0. The molecule has 2 aliphatic heterocycles. The van der Waals surface area contributed by atoms with Crippen molar-refractivity contribution in [1.82, 2.24) is 19.7 Å². The predicted molar refractivity (Wildman–Crippen MR) is 189 cm³/mol. The molecule has 0 saturated carbocycles. The minimum absolute atomic E-state index is 0.157.